The van der Waals surface area contributed by atoms with Gasteiger partial charge in [0.2, 0.25) is 0 Å². The Bertz CT molecular complexity index is 1020. The quantitative estimate of drug-likeness (QED) is 0.508. The van der Waals surface area contributed by atoms with Crippen LogP contribution in [0, 0.1) is 12.7 Å². The van der Waals surface area contributed by atoms with Crippen molar-refractivity contribution < 1.29 is 4.39 Å². The summed E-state index contributed by atoms with van der Waals surface area (Å²) in [5.74, 6) is 2.08. The molecule has 0 atom stereocenters. The van der Waals surface area contributed by atoms with Crippen molar-refractivity contribution in [1.82, 2.24) is 15.0 Å². The topological polar surface area (TPSA) is 34.0 Å². The molecule has 5 rings (SSSR count). The van der Waals surface area contributed by atoms with Gasteiger partial charge in [0.1, 0.15) is 11.5 Å². The first-order chi connectivity index (χ1) is 14.7. The van der Waals surface area contributed by atoms with Gasteiger partial charge < -0.3 is 4.90 Å². The number of hydrogen-bond donors (Lipinski definition) is 0. The molecule has 4 nitrogen and oxygen atoms in total. The predicted molar refractivity (Wildman–Crippen MR) is 125 cm³/mol. The van der Waals surface area contributed by atoms with Crippen LogP contribution in [0.2, 0.25) is 0 Å². The van der Waals surface area contributed by atoms with Gasteiger partial charge in [-0.2, -0.15) is 0 Å². The summed E-state index contributed by atoms with van der Waals surface area (Å²) in [6, 6.07) is 12.1. The Morgan fingerprint density at radius 2 is 1.70 bits per heavy atom. The van der Waals surface area contributed by atoms with Crippen molar-refractivity contribution >= 4 is 29.2 Å². The van der Waals surface area contributed by atoms with E-state index in [9.17, 15) is 4.39 Å². The lowest BCUT2D eigenvalue weighted by Crippen LogP contribution is -2.17. The zero-order valence-corrected chi connectivity index (χ0v) is 18.7. The monoisotopic (exact) mass is 440 g/mol. The fourth-order valence-electron chi connectivity index (χ4n) is 4.07. The molecule has 0 saturated carbocycles. The molecule has 0 radical (unpaired) electrons. The van der Waals surface area contributed by atoms with Gasteiger partial charge in [-0.15, -0.1) is 28.6 Å². The first-order valence-corrected chi connectivity index (χ1v) is 12.6. The molecule has 3 aromatic rings. The normalized spacial score (nSPS) is 17.6. The van der Waals surface area contributed by atoms with Crippen molar-refractivity contribution in [2.45, 2.75) is 30.8 Å². The van der Waals surface area contributed by atoms with Gasteiger partial charge in [0.05, 0.1) is 16.5 Å². The summed E-state index contributed by atoms with van der Waals surface area (Å²) >= 11 is 3.81. The van der Waals surface area contributed by atoms with E-state index in [1.54, 1.807) is 10.7 Å². The average molecular weight is 441 g/mol. The smallest absolute Gasteiger partial charge is 0.128 e. The SMILES string of the molecule is Cc1c(F)cc(-n2cc(-c3ccc(N4CCCC4)cc3)nn2)cc1C1SCCCS1. The lowest BCUT2D eigenvalue weighted by Gasteiger charge is -2.23. The van der Waals surface area contributed by atoms with Gasteiger partial charge in [-0.3, -0.25) is 0 Å². The van der Waals surface area contributed by atoms with E-state index in [0.717, 1.165) is 52.7 Å². The second-order valence-electron chi connectivity index (χ2n) is 7.86. The summed E-state index contributed by atoms with van der Waals surface area (Å²) < 4.78 is 16.7. The lowest BCUT2D eigenvalue weighted by molar-refractivity contribution is 0.613. The molecular weight excluding hydrogens is 415 g/mol. The van der Waals surface area contributed by atoms with Gasteiger partial charge >= 0.3 is 0 Å². The Labute approximate surface area is 185 Å². The van der Waals surface area contributed by atoms with E-state index in [1.807, 2.05) is 36.6 Å². The fraction of sp³-hybridized carbons (Fsp3) is 0.391. The highest BCUT2D eigenvalue weighted by Crippen LogP contribution is 2.45. The summed E-state index contributed by atoms with van der Waals surface area (Å²) in [4.78, 5) is 2.42. The Morgan fingerprint density at radius 1 is 0.967 bits per heavy atom. The fourth-order valence-corrected chi connectivity index (χ4v) is 7.11. The third kappa shape index (κ3) is 3.97. The van der Waals surface area contributed by atoms with Crippen molar-refractivity contribution in [2.75, 3.05) is 29.5 Å². The maximum Gasteiger partial charge on any atom is 0.128 e. The van der Waals surface area contributed by atoms with E-state index in [0.29, 0.717) is 0 Å². The van der Waals surface area contributed by atoms with Crippen molar-refractivity contribution in [3.8, 4) is 16.9 Å². The third-order valence-electron chi connectivity index (χ3n) is 5.84. The van der Waals surface area contributed by atoms with E-state index >= 15 is 0 Å². The molecule has 3 heterocycles. The number of benzene rings is 2. The maximum atomic E-state index is 14.7. The molecule has 0 unspecified atom stereocenters. The van der Waals surface area contributed by atoms with Crippen LogP contribution in [0.4, 0.5) is 10.1 Å². The van der Waals surface area contributed by atoms with Crippen LogP contribution in [0.5, 0.6) is 0 Å². The Balaban J connectivity index is 1.41. The summed E-state index contributed by atoms with van der Waals surface area (Å²) in [5.41, 5.74) is 5.61. The highest BCUT2D eigenvalue weighted by atomic mass is 32.2. The van der Waals surface area contributed by atoms with Crippen LogP contribution < -0.4 is 4.90 Å². The van der Waals surface area contributed by atoms with Crippen molar-refractivity contribution in [2.24, 2.45) is 0 Å². The molecule has 0 spiro atoms. The number of halogens is 1. The molecule has 7 heteroatoms. The van der Waals surface area contributed by atoms with E-state index in [2.05, 4.69) is 45.5 Å². The zero-order valence-electron chi connectivity index (χ0n) is 17.1. The molecule has 30 heavy (non-hydrogen) atoms. The largest absolute Gasteiger partial charge is 0.372 e. The van der Waals surface area contributed by atoms with Crippen molar-refractivity contribution in [1.29, 1.82) is 0 Å². The predicted octanol–water partition coefficient (Wildman–Crippen LogP) is 5.85. The van der Waals surface area contributed by atoms with Crippen LogP contribution in [0.3, 0.4) is 0 Å². The molecule has 1 aromatic heterocycles. The van der Waals surface area contributed by atoms with Gasteiger partial charge in [-0.05, 0) is 73.1 Å². The van der Waals surface area contributed by atoms with E-state index in [-0.39, 0.29) is 10.4 Å². The Kier molecular flexibility index (Phi) is 5.74. The number of nitrogens with zero attached hydrogens (tertiary/aromatic N) is 4. The van der Waals surface area contributed by atoms with Crippen LogP contribution in [0.15, 0.2) is 42.6 Å². The summed E-state index contributed by atoms with van der Waals surface area (Å²) in [5, 5.41) is 8.65. The zero-order chi connectivity index (χ0) is 20.5. The number of thioether (sulfide) groups is 2. The van der Waals surface area contributed by atoms with Crippen molar-refractivity contribution in [3.05, 3.63) is 59.5 Å². The molecule has 0 N–H and O–H groups in total. The Morgan fingerprint density at radius 3 is 2.43 bits per heavy atom. The minimum atomic E-state index is -0.179. The highest BCUT2D eigenvalue weighted by molar-refractivity contribution is 8.16. The minimum Gasteiger partial charge on any atom is -0.372 e. The van der Waals surface area contributed by atoms with Crippen LogP contribution in [0.1, 0.15) is 35.0 Å². The summed E-state index contributed by atoms with van der Waals surface area (Å²) in [7, 11) is 0. The minimum absolute atomic E-state index is 0.179. The van der Waals surface area contributed by atoms with E-state index in [4.69, 9.17) is 0 Å². The molecule has 156 valence electrons. The van der Waals surface area contributed by atoms with Crippen molar-refractivity contribution in [3.63, 3.8) is 0 Å². The number of hydrogen-bond acceptors (Lipinski definition) is 5. The summed E-state index contributed by atoms with van der Waals surface area (Å²) in [6.45, 7) is 4.14. The molecule has 2 aliphatic rings. The molecule has 0 bridgehead atoms. The van der Waals surface area contributed by atoms with Gasteiger partial charge in [-0.25, -0.2) is 9.07 Å². The second-order valence-corrected chi connectivity index (χ2v) is 10.6. The molecular formula is C23H25FN4S2. The lowest BCUT2D eigenvalue weighted by atomic mass is 10.1. The van der Waals surface area contributed by atoms with Gasteiger partial charge in [0, 0.05) is 24.3 Å². The number of aromatic nitrogens is 3. The Hall–Kier alpha value is -1.99. The molecule has 2 fully saturated rings. The van der Waals surface area contributed by atoms with Gasteiger partial charge in [-0.1, -0.05) is 17.3 Å². The highest BCUT2D eigenvalue weighted by Gasteiger charge is 2.21. The molecule has 2 aromatic carbocycles. The van der Waals surface area contributed by atoms with Crippen LogP contribution in [0.25, 0.3) is 16.9 Å². The molecule has 0 amide bonds. The summed E-state index contributed by atoms with van der Waals surface area (Å²) in [6.07, 6.45) is 5.64. The van der Waals surface area contributed by atoms with E-state index in [1.165, 1.54) is 24.9 Å². The molecule has 2 saturated heterocycles. The first-order valence-electron chi connectivity index (χ1n) is 10.5. The van der Waals surface area contributed by atoms with Crippen LogP contribution >= 0.6 is 23.5 Å². The number of rotatable bonds is 4. The van der Waals surface area contributed by atoms with Crippen LogP contribution in [-0.2, 0) is 0 Å². The van der Waals surface area contributed by atoms with Gasteiger partial charge in [0.15, 0.2) is 0 Å². The standard InChI is InChI=1S/C23H25FN4S2/c1-16-20(23-29-11-4-12-30-23)13-19(14-21(16)24)28-15-22(25-26-28)17-5-7-18(8-6-17)27-9-2-3-10-27/h5-8,13-15,23H,2-4,9-12H2,1H3. The second kappa shape index (κ2) is 8.63. The molecule has 0 aliphatic carbocycles. The maximum absolute atomic E-state index is 14.7. The van der Waals surface area contributed by atoms with Gasteiger partial charge in [0.25, 0.3) is 0 Å². The average Bonchev–Trinajstić information content (AvgIpc) is 3.49. The van der Waals surface area contributed by atoms with Crippen LogP contribution in [-0.4, -0.2) is 39.6 Å². The van der Waals surface area contributed by atoms with E-state index < -0.39 is 0 Å². The third-order valence-corrected chi connectivity index (χ3v) is 8.82. The first kappa shape index (κ1) is 19.9. The number of anilines is 1. The molecule has 2 aliphatic heterocycles.